The molecule has 0 aromatic heterocycles. The van der Waals surface area contributed by atoms with Gasteiger partial charge in [-0.2, -0.15) is 0 Å². The van der Waals surface area contributed by atoms with Crippen molar-refractivity contribution >= 4 is 0 Å². The van der Waals surface area contributed by atoms with Crippen LogP contribution in [0.3, 0.4) is 0 Å². The van der Waals surface area contributed by atoms with Crippen molar-refractivity contribution in [1.82, 2.24) is 4.90 Å². The molecule has 1 unspecified atom stereocenters. The minimum atomic E-state index is 0.755. The monoisotopic (exact) mass is 245 g/mol. The van der Waals surface area contributed by atoms with Crippen LogP contribution in [0.25, 0.3) is 0 Å². The lowest BCUT2D eigenvalue weighted by Gasteiger charge is -2.22. The van der Waals surface area contributed by atoms with Crippen LogP contribution in [0.4, 0.5) is 0 Å². The van der Waals surface area contributed by atoms with Gasteiger partial charge in [0.15, 0.2) is 0 Å². The van der Waals surface area contributed by atoms with E-state index in [0.29, 0.717) is 0 Å². The number of nitrogens with zero attached hydrogens (tertiary/aromatic N) is 1. The Hall–Kier alpha value is -1.08. The third-order valence-corrected chi connectivity index (χ3v) is 3.64. The topological polar surface area (TPSA) is 3.24 Å². The van der Waals surface area contributed by atoms with Crippen LogP contribution in [0, 0.1) is 0 Å². The van der Waals surface area contributed by atoms with Gasteiger partial charge < -0.3 is 0 Å². The Morgan fingerprint density at radius 1 is 1.39 bits per heavy atom. The Morgan fingerprint density at radius 3 is 2.72 bits per heavy atom. The van der Waals surface area contributed by atoms with Crippen molar-refractivity contribution in [2.75, 3.05) is 13.1 Å². The van der Waals surface area contributed by atoms with Crippen LogP contribution in [0.1, 0.15) is 40.0 Å². The molecule has 1 nitrogen and oxygen atoms in total. The Kier molecular flexibility index (Phi) is 6.74. The summed E-state index contributed by atoms with van der Waals surface area (Å²) in [5, 5.41) is 0. The summed E-state index contributed by atoms with van der Waals surface area (Å²) in [6, 6.07) is 0.755. The van der Waals surface area contributed by atoms with E-state index in [0.717, 1.165) is 19.0 Å². The molecule has 1 atom stereocenters. The fraction of sp³-hybridized carbons (Fsp3) is 0.529. The highest BCUT2D eigenvalue weighted by atomic mass is 15.2. The van der Waals surface area contributed by atoms with Gasteiger partial charge in [-0.1, -0.05) is 48.1 Å². The second kappa shape index (κ2) is 8.10. The van der Waals surface area contributed by atoms with Crippen LogP contribution in [0.15, 0.2) is 48.1 Å². The average molecular weight is 245 g/mol. The van der Waals surface area contributed by atoms with Crippen LogP contribution < -0.4 is 0 Å². The second-order valence-electron chi connectivity index (χ2n) is 5.22. The summed E-state index contributed by atoms with van der Waals surface area (Å²) < 4.78 is 0. The molecule has 1 heteroatoms. The molecule has 1 aliphatic heterocycles. The summed E-state index contributed by atoms with van der Waals surface area (Å²) in [4.78, 5) is 2.60. The molecule has 0 bridgehead atoms. The van der Waals surface area contributed by atoms with Gasteiger partial charge in [0.2, 0.25) is 0 Å². The van der Waals surface area contributed by atoms with E-state index >= 15 is 0 Å². The van der Waals surface area contributed by atoms with Crippen LogP contribution >= 0.6 is 0 Å². The van der Waals surface area contributed by atoms with Gasteiger partial charge in [0.25, 0.3) is 0 Å². The van der Waals surface area contributed by atoms with E-state index < -0.39 is 0 Å². The van der Waals surface area contributed by atoms with Crippen molar-refractivity contribution in [1.29, 1.82) is 0 Å². The first-order valence-electron chi connectivity index (χ1n) is 7.00. The van der Waals surface area contributed by atoms with E-state index in [9.17, 15) is 0 Å². The number of likely N-dealkylation sites (tertiary alicyclic amines) is 1. The summed E-state index contributed by atoms with van der Waals surface area (Å²) in [6.45, 7) is 12.8. The zero-order valence-corrected chi connectivity index (χ0v) is 12.2. The van der Waals surface area contributed by atoms with Crippen molar-refractivity contribution in [2.45, 2.75) is 46.1 Å². The zero-order valence-electron chi connectivity index (χ0n) is 12.2. The summed E-state index contributed by atoms with van der Waals surface area (Å²) in [5.74, 6) is 0. The number of hydrogen-bond donors (Lipinski definition) is 0. The maximum Gasteiger partial charge on any atom is 0.0198 e. The van der Waals surface area contributed by atoms with Gasteiger partial charge in [0, 0.05) is 12.6 Å². The van der Waals surface area contributed by atoms with E-state index in [1.54, 1.807) is 0 Å². The Labute approximate surface area is 113 Å². The third-order valence-electron chi connectivity index (χ3n) is 3.64. The van der Waals surface area contributed by atoms with Crippen LogP contribution in [-0.2, 0) is 0 Å². The molecule has 0 saturated carbocycles. The molecule has 1 fully saturated rings. The SMILES string of the molecule is C=C/C=C\C=C(\C)C/C(=C\C)CN1CCCC1C. The molecule has 18 heavy (non-hydrogen) atoms. The van der Waals surface area contributed by atoms with Gasteiger partial charge in [0.1, 0.15) is 0 Å². The van der Waals surface area contributed by atoms with Crippen molar-refractivity contribution < 1.29 is 0 Å². The van der Waals surface area contributed by atoms with Gasteiger partial charge >= 0.3 is 0 Å². The minimum Gasteiger partial charge on any atom is -0.297 e. The summed E-state index contributed by atoms with van der Waals surface area (Å²) in [5.41, 5.74) is 2.94. The van der Waals surface area contributed by atoms with Gasteiger partial charge in [-0.25, -0.2) is 0 Å². The molecular weight excluding hydrogens is 218 g/mol. The highest BCUT2D eigenvalue weighted by Gasteiger charge is 2.20. The van der Waals surface area contributed by atoms with Crippen molar-refractivity contribution in [3.05, 3.63) is 48.1 Å². The van der Waals surface area contributed by atoms with Crippen molar-refractivity contribution in [2.24, 2.45) is 0 Å². The van der Waals surface area contributed by atoms with Crippen LogP contribution in [-0.4, -0.2) is 24.0 Å². The van der Waals surface area contributed by atoms with E-state index in [4.69, 9.17) is 0 Å². The quantitative estimate of drug-likeness (QED) is 0.492. The largest absolute Gasteiger partial charge is 0.297 e. The molecule has 0 radical (unpaired) electrons. The highest BCUT2D eigenvalue weighted by molar-refractivity contribution is 5.20. The lowest BCUT2D eigenvalue weighted by Crippen LogP contribution is -2.28. The molecule has 1 heterocycles. The maximum atomic E-state index is 3.68. The predicted octanol–water partition coefficient (Wildman–Crippen LogP) is 4.50. The molecule has 0 N–H and O–H groups in total. The van der Waals surface area contributed by atoms with Gasteiger partial charge in [0.05, 0.1) is 0 Å². The van der Waals surface area contributed by atoms with Gasteiger partial charge in [-0.15, -0.1) is 0 Å². The fourth-order valence-corrected chi connectivity index (χ4v) is 2.45. The van der Waals surface area contributed by atoms with Crippen LogP contribution in [0.2, 0.25) is 0 Å². The molecular formula is C17H27N. The first-order chi connectivity index (χ1) is 8.67. The van der Waals surface area contributed by atoms with Crippen LogP contribution in [0.5, 0.6) is 0 Å². The number of hydrogen-bond acceptors (Lipinski definition) is 1. The molecule has 1 aliphatic rings. The Balaban J connectivity index is 2.49. The molecule has 1 saturated heterocycles. The standard InChI is InChI=1S/C17H27N/c1-5-7-8-10-15(3)13-17(6-2)14-18-12-9-11-16(18)4/h5-8,10,16H,1,9,11-14H2,2-4H3/b8-7-,15-10-,17-6+. The Bertz CT molecular complexity index is 347. The van der Waals surface area contributed by atoms with Crippen molar-refractivity contribution in [3.63, 3.8) is 0 Å². The first kappa shape index (κ1) is 15.0. The smallest absolute Gasteiger partial charge is 0.0198 e. The molecule has 0 amide bonds. The van der Waals surface area contributed by atoms with E-state index in [2.05, 4.69) is 50.5 Å². The van der Waals surface area contributed by atoms with E-state index in [1.807, 2.05) is 12.2 Å². The number of allylic oxidation sites excluding steroid dienone is 6. The third kappa shape index (κ3) is 5.05. The second-order valence-corrected chi connectivity index (χ2v) is 5.22. The fourth-order valence-electron chi connectivity index (χ4n) is 2.45. The summed E-state index contributed by atoms with van der Waals surface area (Å²) in [6.07, 6.45) is 14.1. The molecule has 0 aliphatic carbocycles. The zero-order chi connectivity index (χ0) is 13.4. The first-order valence-corrected chi connectivity index (χ1v) is 7.00. The lowest BCUT2D eigenvalue weighted by molar-refractivity contribution is 0.290. The average Bonchev–Trinajstić information content (AvgIpc) is 2.74. The molecule has 0 aromatic carbocycles. The molecule has 100 valence electrons. The molecule has 0 aromatic rings. The van der Waals surface area contributed by atoms with Crippen molar-refractivity contribution in [3.8, 4) is 0 Å². The molecule has 1 rings (SSSR count). The number of rotatable bonds is 6. The Morgan fingerprint density at radius 2 is 2.17 bits per heavy atom. The molecule has 0 spiro atoms. The van der Waals surface area contributed by atoms with Gasteiger partial charge in [-0.05, 0) is 46.6 Å². The maximum absolute atomic E-state index is 3.68. The van der Waals surface area contributed by atoms with Gasteiger partial charge in [-0.3, -0.25) is 4.90 Å². The van der Waals surface area contributed by atoms with E-state index in [1.165, 1.54) is 30.5 Å². The lowest BCUT2D eigenvalue weighted by atomic mass is 10.1. The normalized spacial score (nSPS) is 22.9. The summed E-state index contributed by atoms with van der Waals surface area (Å²) in [7, 11) is 0. The van der Waals surface area contributed by atoms with E-state index in [-0.39, 0.29) is 0 Å². The minimum absolute atomic E-state index is 0.755. The highest BCUT2D eigenvalue weighted by Crippen LogP contribution is 2.20. The predicted molar refractivity (Wildman–Crippen MR) is 81.7 cm³/mol. The summed E-state index contributed by atoms with van der Waals surface area (Å²) >= 11 is 0.